The van der Waals surface area contributed by atoms with E-state index in [-0.39, 0.29) is 54.5 Å². The summed E-state index contributed by atoms with van der Waals surface area (Å²) in [5, 5.41) is 37.4. The second-order valence-corrected chi connectivity index (χ2v) is 21.5. The van der Waals surface area contributed by atoms with Crippen molar-refractivity contribution in [2.45, 2.75) is 210 Å². The lowest BCUT2D eigenvalue weighted by Crippen LogP contribution is -2.62. The molecule has 0 aromatic heterocycles. The van der Waals surface area contributed by atoms with E-state index in [2.05, 4.69) is 59.5 Å². The normalized spacial score (nSPS) is 52.4. The summed E-state index contributed by atoms with van der Waals surface area (Å²) in [6, 6.07) is 0. The van der Waals surface area contributed by atoms with Crippen molar-refractivity contribution in [1.29, 1.82) is 0 Å². The van der Waals surface area contributed by atoms with Gasteiger partial charge in [-0.05, 0) is 87.2 Å². The molecule has 8 saturated heterocycles. The molecule has 13 nitrogen and oxygen atoms in total. The Morgan fingerprint density at radius 2 is 1.70 bits per heavy atom. The molecule has 13 heteroatoms. The lowest BCUT2D eigenvalue weighted by molar-refractivity contribution is -0.388. The molecule has 342 valence electrons. The van der Waals surface area contributed by atoms with E-state index in [1.165, 1.54) is 0 Å². The molecule has 0 unspecified atom stereocenters. The highest BCUT2D eigenvalue weighted by molar-refractivity contribution is 5.66. The van der Waals surface area contributed by atoms with Gasteiger partial charge in [0.2, 0.25) is 0 Å². The number of aliphatic hydroxyl groups excluding tert-OH is 1. The number of carboxylic acid groups (broad SMARTS) is 1. The quantitative estimate of drug-likeness (QED) is 0.178. The first-order chi connectivity index (χ1) is 28.8. The van der Waals surface area contributed by atoms with Gasteiger partial charge in [0.15, 0.2) is 29.4 Å². The molecule has 0 aromatic rings. The minimum absolute atomic E-state index is 0.000687. The fourth-order valence-corrected chi connectivity index (χ4v) is 13.2. The van der Waals surface area contributed by atoms with Gasteiger partial charge in [-0.15, -0.1) is 0 Å². The molecule has 9 heterocycles. The standard InChI is InChI=1S/C48H73NO12/c1-26-16-35(11-9-10-12-39(50)51)55-44(21-26)13-14-47(61-44)32(7)19-34-20-37(54-43(34)60-47)42(52)48(53)33(8)18-29(4)40(59-48)30(5)23-45-22-27(2)17-36(56-45)41-38(57-45)24-46(58-41)31(6)15-28(3)25-49-46/h9,11,21,27-29,31-38,40-43,49,52-53H,5,10,12-20,22-25H2,1-4,6-8H3,(H,50,51)/b11-9+/t27-,28+,29+,31-,32+,33-,34-,35-,36-,37+,38+,40+,41+,42+,43-,44-,45-,46-,47-,48-/m1/s1. The Kier molecular flexibility index (Phi) is 11.9. The van der Waals surface area contributed by atoms with Crippen LogP contribution in [0.2, 0.25) is 0 Å². The van der Waals surface area contributed by atoms with E-state index in [4.69, 9.17) is 43.0 Å². The molecule has 4 N–H and O–H groups in total. The lowest BCUT2D eigenvalue weighted by Gasteiger charge is -2.53. The molecule has 0 aromatic carbocycles. The molecular formula is C48H73NO12. The first kappa shape index (κ1) is 44.5. The van der Waals surface area contributed by atoms with Crippen molar-refractivity contribution >= 4 is 5.97 Å². The van der Waals surface area contributed by atoms with Crippen LogP contribution in [0.5, 0.6) is 0 Å². The zero-order valence-electron chi connectivity index (χ0n) is 37.5. The zero-order valence-corrected chi connectivity index (χ0v) is 37.5. The van der Waals surface area contributed by atoms with Gasteiger partial charge in [-0.3, -0.25) is 10.1 Å². The molecule has 0 saturated carbocycles. The minimum Gasteiger partial charge on any atom is -0.481 e. The van der Waals surface area contributed by atoms with Gasteiger partial charge in [-0.1, -0.05) is 65.8 Å². The van der Waals surface area contributed by atoms with Gasteiger partial charge in [0.25, 0.3) is 0 Å². The Bertz CT molecular complexity index is 1740. The smallest absolute Gasteiger partial charge is 0.303 e. The summed E-state index contributed by atoms with van der Waals surface area (Å²) < 4.78 is 54.2. The average Bonchev–Trinajstić information content (AvgIpc) is 3.86. The number of allylic oxidation sites excluding steroid dienone is 1. The van der Waals surface area contributed by atoms with Crippen LogP contribution in [0.25, 0.3) is 0 Å². The van der Waals surface area contributed by atoms with Gasteiger partial charge in [-0.25, -0.2) is 0 Å². The fourth-order valence-electron chi connectivity index (χ4n) is 13.2. The van der Waals surface area contributed by atoms with E-state index >= 15 is 0 Å². The average molecular weight is 856 g/mol. The summed E-state index contributed by atoms with van der Waals surface area (Å²) in [5.41, 5.74) is 1.53. The molecule has 3 spiro atoms. The first-order valence-electron chi connectivity index (χ1n) is 23.7. The largest absolute Gasteiger partial charge is 0.481 e. The highest BCUT2D eigenvalue weighted by Gasteiger charge is 2.64. The zero-order chi connectivity index (χ0) is 43.3. The molecule has 2 bridgehead atoms. The number of aliphatic hydroxyl groups is 2. The Labute approximate surface area is 362 Å². The van der Waals surface area contributed by atoms with Crippen LogP contribution < -0.4 is 5.32 Å². The van der Waals surface area contributed by atoms with E-state index < -0.39 is 59.4 Å². The fraction of sp³-hybridized carbons (Fsp3) is 0.854. The van der Waals surface area contributed by atoms with Gasteiger partial charge >= 0.3 is 5.97 Å². The van der Waals surface area contributed by atoms with Crippen molar-refractivity contribution in [3.63, 3.8) is 0 Å². The van der Waals surface area contributed by atoms with E-state index in [0.717, 1.165) is 49.8 Å². The van der Waals surface area contributed by atoms with E-state index in [1.54, 1.807) is 0 Å². The van der Waals surface area contributed by atoms with Crippen molar-refractivity contribution in [3.05, 3.63) is 36.0 Å². The van der Waals surface area contributed by atoms with Gasteiger partial charge in [0.05, 0.1) is 30.5 Å². The third kappa shape index (κ3) is 8.16. The molecule has 8 fully saturated rings. The predicted octanol–water partition coefficient (Wildman–Crippen LogP) is 6.85. The Morgan fingerprint density at radius 1 is 0.918 bits per heavy atom. The number of hydrogen-bond donors (Lipinski definition) is 4. The SMILES string of the molecule is C=C(C[C@]12C[C@H](C)C[C@@H](O1)[C@@H]1O[C@@]3(C[C@@H]1O2)NC[C@@H](C)C[C@H]3C)[C@H]1O[C@@](O)([C@@H](O)[C@@H]2C[C@H]3C[C@H](C)[C@]4(CC[C@]5(C=C(C)C[C@@H](/C=C/CCC(=O)O)O5)O4)O[C@H]3O2)[C@H](C)C[C@@H]1C. The Hall–Kier alpha value is -1.75. The summed E-state index contributed by atoms with van der Waals surface area (Å²) in [4.78, 5) is 11.0. The number of aliphatic carboxylic acids is 1. The summed E-state index contributed by atoms with van der Waals surface area (Å²) in [6.45, 7) is 20.6. The molecule has 0 radical (unpaired) electrons. The van der Waals surface area contributed by atoms with E-state index in [1.807, 2.05) is 19.1 Å². The van der Waals surface area contributed by atoms with Crippen molar-refractivity contribution in [3.8, 4) is 0 Å². The topological polar surface area (TPSA) is 164 Å². The number of carboxylic acids is 1. The third-order valence-electron chi connectivity index (χ3n) is 16.2. The Morgan fingerprint density at radius 3 is 2.48 bits per heavy atom. The molecule has 0 amide bonds. The predicted molar refractivity (Wildman–Crippen MR) is 223 cm³/mol. The van der Waals surface area contributed by atoms with Crippen LogP contribution >= 0.6 is 0 Å². The summed E-state index contributed by atoms with van der Waals surface area (Å²) >= 11 is 0. The van der Waals surface area contributed by atoms with Gasteiger partial charge in [0, 0.05) is 62.8 Å². The molecule has 61 heavy (non-hydrogen) atoms. The second kappa shape index (κ2) is 16.3. The van der Waals surface area contributed by atoms with Crippen molar-refractivity contribution < 1.29 is 58.0 Å². The van der Waals surface area contributed by atoms with Gasteiger partial charge in [-0.2, -0.15) is 0 Å². The van der Waals surface area contributed by atoms with Crippen molar-refractivity contribution in [1.82, 2.24) is 5.32 Å². The molecule has 20 atom stereocenters. The van der Waals surface area contributed by atoms with E-state index in [9.17, 15) is 15.0 Å². The first-order valence-corrected chi connectivity index (χ1v) is 23.7. The second-order valence-electron chi connectivity index (χ2n) is 21.5. The van der Waals surface area contributed by atoms with Gasteiger partial charge in [0.1, 0.15) is 17.9 Å². The van der Waals surface area contributed by atoms with Crippen LogP contribution in [0.15, 0.2) is 36.0 Å². The molecule has 0 aliphatic carbocycles. The number of carbonyl (C=O) groups is 1. The number of nitrogens with one attached hydrogen (secondary N) is 1. The lowest BCUT2D eigenvalue weighted by atomic mass is 9.76. The highest BCUT2D eigenvalue weighted by atomic mass is 16.8. The number of rotatable bonds is 9. The van der Waals surface area contributed by atoms with Crippen LogP contribution in [0.1, 0.15) is 132 Å². The van der Waals surface area contributed by atoms with Crippen LogP contribution in [0.3, 0.4) is 0 Å². The Balaban J connectivity index is 0.852. The molecular weight excluding hydrogens is 783 g/mol. The van der Waals surface area contributed by atoms with Crippen LogP contribution in [-0.2, 0) is 42.7 Å². The van der Waals surface area contributed by atoms with Crippen LogP contribution in [-0.4, -0.2) is 106 Å². The van der Waals surface area contributed by atoms with Gasteiger partial charge < -0.3 is 53.2 Å². The number of piperidine rings is 1. The third-order valence-corrected chi connectivity index (χ3v) is 16.2. The number of fused-ring (bicyclic) bond motifs is 5. The maximum atomic E-state index is 12.4. The summed E-state index contributed by atoms with van der Waals surface area (Å²) in [6.07, 6.45) is 10.4. The number of hydrogen-bond acceptors (Lipinski definition) is 12. The maximum absolute atomic E-state index is 12.4. The maximum Gasteiger partial charge on any atom is 0.303 e. The van der Waals surface area contributed by atoms with Crippen molar-refractivity contribution in [2.24, 2.45) is 41.4 Å². The number of ether oxygens (including phenoxy) is 8. The highest BCUT2D eigenvalue weighted by Crippen LogP contribution is 2.56. The van der Waals surface area contributed by atoms with Crippen LogP contribution in [0.4, 0.5) is 0 Å². The van der Waals surface area contributed by atoms with Crippen LogP contribution in [0, 0.1) is 41.4 Å². The molecule has 9 rings (SSSR count). The molecule has 9 aliphatic rings. The minimum atomic E-state index is -1.88. The van der Waals surface area contributed by atoms with Crippen molar-refractivity contribution in [2.75, 3.05) is 6.54 Å². The summed E-state index contributed by atoms with van der Waals surface area (Å²) in [7, 11) is 0. The van der Waals surface area contributed by atoms with E-state index in [0.29, 0.717) is 62.7 Å². The molecule has 9 aliphatic heterocycles. The monoisotopic (exact) mass is 856 g/mol. The summed E-state index contributed by atoms with van der Waals surface area (Å²) in [5.74, 6) is -4.46.